The van der Waals surface area contributed by atoms with Gasteiger partial charge >= 0.3 is 5.97 Å². The maximum atomic E-state index is 13.9. The molecule has 0 saturated carbocycles. The molecule has 0 spiro atoms. The molecule has 1 unspecified atom stereocenters. The summed E-state index contributed by atoms with van der Waals surface area (Å²) in [4.78, 5) is 32.2. The van der Waals surface area contributed by atoms with Crippen molar-refractivity contribution in [3.8, 4) is 17.2 Å². The number of allylic oxidation sites excluding steroid dienone is 1. The summed E-state index contributed by atoms with van der Waals surface area (Å²) in [5, 5.41) is 10.1. The number of thiazole rings is 1. The second-order valence-corrected chi connectivity index (χ2v) is 10.5. The van der Waals surface area contributed by atoms with E-state index < -0.39 is 12.0 Å². The molecule has 9 heteroatoms. The van der Waals surface area contributed by atoms with Gasteiger partial charge in [-0.2, -0.15) is 0 Å². The van der Waals surface area contributed by atoms with E-state index in [2.05, 4.69) is 11.6 Å². The highest BCUT2D eigenvalue weighted by Crippen LogP contribution is 2.32. The van der Waals surface area contributed by atoms with E-state index in [-0.39, 0.29) is 23.5 Å². The first-order valence-electron chi connectivity index (χ1n) is 13.4. The molecule has 42 heavy (non-hydrogen) atoms. The van der Waals surface area contributed by atoms with Gasteiger partial charge in [0.1, 0.15) is 19.0 Å². The molecule has 3 aromatic carbocycles. The number of hydrogen-bond donors (Lipinski definition) is 1. The summed E-state index contributed by atoms with van der Waals surface area (Å²) in [6, 6.07) is 21.3. The van der Waals surface area contributed by atoms with Gasteiger partial charge in [0.05, 0.1) is 28.5 Å². The van der Waals surface area contributed by atoms with Crippen molar-refractivity contribution >= 4 is 23.4 Å². The number of aromatic hydroxyl groups is 1. The second-order valence-electron chi connectivity index (χ2n) is 9.47. The normalized spacial score (nSPS) is 14.6. The fourth-order valence-corrected chi connectivity index (χ4v) is 5.69. The summed E-state index contributed by atoms with van der Waals surface area (Å²) in [5.41, 5.74) is 2.87. The predicted octanol–water partition coefficient (Wildman–Crippen LogP) is 4.65. The lowest BCUT2D eigenvalue weighted by Gasteiger charge is -2.24. The number of aromatic nitrogens is 1. The third-order valence-electron chi connectivity index (χ3n) is 6.60. The Kier molecular flexibility index (Phi) is 8.68. The number of carbonyl (C=O) groups excluding carboxylic acids is 1. The van der Waals surface area contributed by atoms with E-state index in [1.165, 1.54) is 28.0 Å². The molecule has 8 nitrogen and oxygen atoms in total. The Hall–Kier alpha value is -4.89. The lowest BCUT2D eigenvalue weighted by atomic mass is 9.96. The highest BCUT2D eigenvalue weighted by atomic mass is 32.1. The van der Waals surface area contributed by atoms with Crippen LogP contribution in [0.15, 0.2) is 107 Å². The minimum absolute atomic E-state index is 0.0185. The molecular formula is C33H30N2O6S. The van der Waals surface area contributed by atoms with Crippen LogP contribution in [0.4, 0.5) is 0 Å². The smallest absolute Gasteiger partial charge is 0.338 e. The largest absolute Gasteiger partial charge is 0.504 e. The van der Waals surface area contributed by atoms with Crippen LogP contribution in [0.5, 0.6) is 17.2 Å². The van der Waals surface area contributed by atoms with Crippen molar-refractivity contribution < 1.29 is 24.1 Å². The number of hydrogen-bond acceptors (Lipinski definition) is 8. The number of phenols is 1. The highest BCUT2D eigenvalue weighted by Gasteiger charge is 2.33. The molecule has 0 amide bonds. The summed E-state index contributed by atoms with van der Waals surface area (Å²) in [7, 11) is 0. The van der Waals surface area contributed by atoms with E-state index in [4.69, 9.17) is 14.2 Å². The molecule has 4 aromatic rings. The molecule has 5 rings (SSSR count). The van der Waals surface area contributed by atoms with E-state index in [9.17, 15) is 14.7 Å². The van der Waals surface area contributed by atoms with E-state index in [1.807, 2.05) is 61.5 Å². The summed E-state index contributed by atoms with van der Waals surface area (Å²) in [5.74, 6) is 0.434. The molecule has 1 atom stereocenters. The van der Waals surface area contributed by atoms with Crippen molar-refractivity contribution in [1.29, 1.82) is 0 Å². The molecule has 0 bridgehead atoms. The Morgan fingerprint density at radius 1 is 1.10 bits per heavy atom. The number of ether oxygens (including phenoxy) is 3. The van der Waals surface area contributed by atoms with E-state index in [1.54, 1.807) is 25.1 Å². The Morgan fingerprint density at radius 2 is 1.86 bits per heavy atom. The average Bonchev–Trinajstić information content (AvgIpc) is 3.30. The Labute approximate surface area is 246 Å². The van der Waals surface area contributed by atoms with Crippen LogP contribution in [-0.4, -0.2) is 28.9 Å². The lowest BCUT2D eigenvalue weighted by Crippen LogP contribution is -2.39. The Bertz CT molecular complexity index is 1820. The molecule has 1 N–H and O–H groups in total. The monoisotopic (exact) mass is 582 g/mol. The first-order valence-corrected chi connectivity index (χ1v) is 14.2. The zero-order valence-electron chi connectivity index (χ0n) is 23.3. The lowest BCUT2D eigenvalue weighted by molar-refractivity contribution is -0.138. The number of fused-ring (bicyclic) bond motifs is 1. The van der Waals surface area contributed by atoms with Crippen LogP contribution >= 0.6 is 11.3 Å². The molecule has 214 valence electrons. The van der Waals surface area contributed by atoms with Crippen molar-refractivity contribution in [2.24, 2.45) is 4.99 Å². The third kappa shape index (κ3) is 6.06. The van der Waals surface area contributed by atoms with Gasteiger partial charge in [0.25, 0.3) is 5.56 Å². The van der Waals surface area contributed by atoms with Crippen molar-refractivity contribution in [3.63, 3.8) is 0 Å². The van der Waals surface area contributed by atoms with E-state index in [0.29, 0.717) is 50.9 Å². The molecule has 1 aromatic heterocycles. The van der Waals surface area contributed by atoms with Crippen LogP contribution in [0.1, 0.15) is 36.6 Å². The number of rotatable bonds is 10. The number of benzene rings is 3. The Morgan fingerprint density at radius 3 is 2.57 bits per heavy atom. The summed E-state index contributed by atoms with van der Waals surface area (Å²) in [6.45, 7) is 8.02. The minimum atomic E-state index is -0.761. The maximum absolute atomic E-state index is 13.9. The van der Waals surface area contributed by atoms with Crippen molar-refractivity contribution in [2.75, 3.05) is 13.2 Å². The van der Waals surface area contributed by atoms with Gasteiger partial charge in [-0.05, 0) is 60.9 Å². The molecule has 1 aliphatic rings. The van der Waals surface area contributed by atoms with Gasteiger partial charge in [0, 0.05) is 0 Å². The first-order chi connectivity index (χ1) is 20.4. The van der Waals surface area contributed by atoms with Gasteiger partial charge in [0.15, 0.2) is 16.3 Å². The second kappa shape index (κ2) is 12.7. The number of nitrogens with zero attached hydrogens (tertiary/aromatic N) is 2. The topological polar surface area (TPSA) is 99.4 Å². The molecule has 0 saturated heterocycles. The number of carbonyl (C=O) groups is 1. The van der Waals surface area contributed by atoms with Crippen LogP contribution in [-0.2, 0) is 16.1 Å². The quantitative estimate of drug-likeness (QED) is 0.216. The van der Waals surface area contributed by atoms with Crippen LogP contribution in [0.2, 0.25) is 0 Å². The minimum Gasteiger partial charge on any atom is -0.504 e. The molecule has 0 aliphatic carbocycles. The Balaban J connectivity index is 1.56. The summed E-state index contributed by atoms with van der Waals surface area (Å²) >= 11 is 1.22. The summed E-state index contributed by atoms with van der Waals surface area (Å²) < 4.78 is 18.8. The molecule has 0 radical (unpaired) electrons. The molecular weight excluding hydrogens is 552 g/mol. The van der Waals surface area contributed by atoms with E-state index in [0.717, 1.165) is 5.56 Å². The van der Waals surface area contributed by atoms with Gasteiger partial charge in [-0.25, -0.2) is 9.79 Å². The van der Waals surface area contributed by atoms with Crippen molar-refractivity contribution in [2.45, 2.75) is 26.5 Å². The third-order valence-corrected chi connectivity index (χ3v) is 7.58. The average molecular weight is 583 g/mol. The highest BCUT2D eigenvalue weighted by molar-refractivity contribution is 7.07. The fourth-order valence-electron chi connectivity index (χ4n) is 4.64. The first kappa shape index (κ1) is 28.6. The van der Waals surface area contributed by atoms with Crippen molar-refractivity contribution in [3.05, 3.63) is 133 Å². The maximum Gasteiger partial charge on any atom is 0.338 e. The standard InChI is InChI=1S/C33H30N2O6S/c1-4-17-40-32(38)29-21(3)34-33-35(31(37)28(42-33)19-23-11-16-26(36)27(18-23)39-5-2)30(29)24-12-14-25(15-13-24)41-20-22-9-7-6-8-10-22/h4,6-16,18-19,30,36H,1,5,17,20H2,2-3H3. The molecule has 2 heterocycles. The van der Waals surface area contributed by atoms with Crippen LogP contribution in [0, 0.1) is 0 Å². The zero-order valence-corrected chi connectivity index (χ0v) is 24.1. The van der Waals surface area contributed by atoms with Gasteiger partial charge < -0.3 is 19.3 Å². The zero-order chi connectivity index (χ0) is 29.6. The number of esters is 1. The van der Waals surface area contributed by atoms with Gasteiger partial charge in [-0.3, -0.25) is 9.36 Å². The van der Waals surface area contributed by atoms with Crippen LogP contribution in [0.25, 0.3) is 6.08 Å². The van der Waals surface area contributed by atoms with Crippen molar-refractivity contribution in [1.82, 2.24) is 4.57 Å². The van der Waals surface area contributed by atoms with E-state index >= 15 is 0 Å². The molecule has 1 aliphatic heterocycles. The fraction of sp³-hybridized carbons (Fsp3) is 0.182. The van der Waals surface area contributed by atoms with Crippen LogP contribution < -0.4 is 24.4 Å². The van der Waals surface area contributed by atoms with Gasteiger partial charge in [-0.15, -0.1) is 0 Å². The summed E-state index contributed by atoms with van der Waals surface area (Å²) in [6.07, 6.45) is 3.21. The number of phenolic OH excluding ortho intramolecular Hbond substituents is 1. The van der Waals surface area contributed by atoms with Gasteiger partial charge in [-0.1, -0.05) is 72.5 Å². The predicted molar refractivity (Wildman–Crippen MR) is 161 cm³/mol. The van der Waals surface area contributed by atoms with Crippen LogP contribution in [0.3, 0.4) is 0 Å². The van der Waals surface area contributed by atoms with Gasteiger partial charge in [0.2, 0.25) is 0 Å². The molecule has 0 fully saturated rings. The SMILES string of the molecule is C=CCOC(=O)C1=C(C)N=c2sc(=Cc3ccc(O)c(OCC)c3)c(=O)n2C1c1ccc(OCc2ccccc2)cc1.